The predicted molar refractivity (Wildman–Crippen MR) is 141 cm³/mol. The highest BCUT2D eigenvalue weighted by atomic mass is 35.5. The molecule has 0 bridgehead atoms. The Hall–Kier alpha value is -4.24. The number of halogens is 1. The van der Waals surface area contributed by atoms with Crippen molar-refractivity contribution in [3.05, 3.63) is 70.7 Å². The van der Waals surface area contributed by atoms with Gasteiger partial charge in [-0.15, -0.1) is 0 Å². The van der Waals surface area contributed by atoms with E-state index in [0.29, 0.717) is 39.0 Å². The molecule has 186 valence electrons. The molecule has 3 aromatic carbocycles. The van der Waals surface area contributed by atoms with Gasteiger partial charge in [-0.3, -0.25) is 4.79 Å². The molecule has 9 nitrogen and oxygen atoms in total. The third kappa shape index (κ3) is 5.36. The number of benzene rings is 3. The van der Waals surface area contributed by atoms with Crippen molar-refractivity contribution in [2.75, 3.05) is 38.5 Å². The first-order valence-electron chi connectivity index (χ1n) is 11.0. The average molecular weight is 508 g/mol. The number of carbonyl (C=O) groups is 2. The fraction of sp³-hybridized carbons (Fsp3) is 0.192. The maximum atomic E-state index is 13.1. The smallest absolute Gasteiger partial charge is 0.407 e. The number of hydrogen-bond donors (Lipinski definition) is 3. The maximum absolute atomic E-state index is 13.1. The third-order valence-electron chi connectivity index (χ3n) is 5.67. The number of carboxylic acid groups (broad SMARTS) is 1. The Morgan fingerprint density at radius 3 is 2.56 bits per heavy atom. The number of imidazole rings is 1. The van der Waals surface area contributed by atoms with E-state index in [1.807, 2.05) is 37.2 Å². The molecule has 10 heteroatoms. The summed E-state index contributed by atoms with van der Waals surface area (Å²) in [5, 5.41) is 12.5. The van der Waals surface area contributed by atoms with E-state index in [9.17, 15) is 9.59 Å². The van der Waals surface area contributed by atoms with Gasteiger partial charge in [0.2, 0.25) is 0 Å². The lowest BCUT2D eigenvalue weighted by Gasteiger charge is -2.15. The molecule has 0 radical (unpaired) electrons. The minimum Gasteiger partial charge on any atom is -0.497 e. The Balaban J connectivity index is 1.61. The highest BCUT2D eigenvalue weighted by molar-refractivity contribution is 6.33. The third-order valence-corrected chi connectivity index (χ3v) is 6.00. The average Bonchev–Trinajstić information content (AvgIpc) is 3.28. The van der Waals surface area contributed by atoms with Gasteiger partial charge in [0.15, 0.2) is 0 Å². The van der Waals surface area contributed by atoms with Crippen LogP contribution in [-0.2, 0) is 6.54 Å². The molecule has 0 aliphatic rings. The Morgan fingerprint density at radius 2 is 1.86 bits per heavy atom. The second kappa shape index (κ2) is 10.2. The topological polar surface area (TPSA) is 111 Å². The molecule has 2 amide bonds. The Labute approximate surface area is 213 Å². The van der Waals surface area contributed by atoms with Gasteiger partial charge in [-0.1, -0.05) is 11.6 Å². The summed E-state index contributed by atoms with van der Waals surface area (Å²) in [6, 6.07) is 16.0. The van der Waals surface area contributed by atoms with Crippen molar-refractivity contribution in [3.63, 3.8) is 0 Å². The molecule has 0 saturated heterocycles. The monoisotopic (exact) mass is 507 g/mol. The molecule has 36 heavy (non-hydrogen) atoms. The van der Waals surface area contributed by atoms with Crippen molar-refractivity contribution in [1.82, 2.24) is 14.9 Å². The van der Waals surface area contributed by atoms with Crippen LogP contribution in [0, 0.1) is 0 Å². The van der Waals surface area contributed by atoms with Gasteiger partial charge < -0.3 is 29.9 Å². The molecule has 4 rings (SSSR count). The zero-order chi connectivity index (χ0) is 26.0. The molecule has 0 unspecified atom stereocenters. The molecular weight excluding hydrogens is 482 g/mol. The summed E-state index contributed by atoms with van der Waals surface area (Å²) in [4.78, 5) is 35.4. The number of H-pyrrole nitrogens is 1. The summed E-state index contributed by atoms with van der Waals surface area (Å²) < 4.78 is 5.30. The van der Waals surface area contributed by atoms with Gasteiger partial charge in [0, 0.05) is 50.2 Å². The minimum absolute atomic E-state index is 0.111. The number of ether oxygens (including phenoxy) is 1. The number of aromatic amines is 1. The fourth-order valence-corrected chi connectivity index (χ4v) is 3.94. The SMILES string of the molecule is COc1cc(CN(C)C(=O)O)cc(C(=O)Nc2ccc(Cl)c(-c3nc4cc(N(C)C)ccc4[nH]3)c2)c1. The number of fused-ring (bicyclic) bond motifs is 1. The predicted octanol–water partition coefficient (Wildman–Crippen LogP) is 5.32. The Morgan fingerprint density at radius 1 is 1.08 bits per heavy atom. The van der Waals surface area contributed by atoms with E-state index in [4.69, 9.17) is 26.4 Å². The lowest BCUT2D eigenvalue weighted by Crippen LogP contribution is -2.24. The van der Waals surface area contributed by atoms with Crippen LogP contribution in [0.25, 0.3) is 22.4 Å². The normalized spacial score (nSPS) is 10.8. The maximum Gasteiger partial charge on any atom is 0.407 e. The number of nitrogens with one attached hydrogen (secondary N) is 2. The number of anilines is 2. The number of amides is 2. The van der Waals surface area contributed by atoms with Gasteiger partial charge in [-0.05, 0) is 60.2 Å². The molecular formula is C26H26ClN5O4. The van der Waals surface area contributed by atoms with Gasteiger partial charge >= 0.3 is 6.09 Å². The van der Waals surface area contributed by atoms with Crippen LogP contribution in [0.5, 0.6) is 5.75 Å². The second-order valence-electron chi connectivity index (χ2n) is 8.54. The van der Waals surface area contributed by atoms with E-state index in [2.05, 4.69) is 10.3 Å². The summed E-state index contributed by atoms with van der Waals surface area (Å²) >= 11 is 6.48. The number of carbonyl (C=O) groups excluding carboxylic acids is 1. The zero-order valence-corrected chi connectivity index (χ0v) is 21.1. The lowest BCUT2D eigenvalue weighted by molar-refractivity contribution is 0.102. The number of hydrogen-bond acceptors (Lipinski definition) is 5. The first kappa shape index (κ1) is 24.9. The first-order chi connectivity index (χ1) is 17.1. The first-order valence-corrected chi connectivity index (χ1v) is 11.4. The lowest BCUT2D eigenvalue weighted by atomic mass is 10.1. The summed E-state index contributed by atoms with van der Waals surface area (Å²) in [5.41, 5.74) is 4.83. The fourth-order valence-electron chi connectivity index (χ4n) is 3.73. The highest BCUT2D eigenvalue weighted by Crippen LogP contribution is 2.31. The summed E-state index contributed by atoms with van der Waals surface area (Å²) in [6.45, 7) is 0.111. The van der Waals surface area contributed by atoms with Crippen LogP contribution in [0.3, 0.4) is 0 Å². The Bertz CT molecular complexity index is 1450. The van der Waals surface area contributed by atoms with Crippen molar-refractivity contribution in [2.24, 2.45) is 0 Å². The molecule has 0 atom stereocenters. The van der Waals surface area contributed by atoms with Gasteiger partial charge in [-0.2, -0.15) is 0 Å². The molecule has 0 spiro atoms. The van der Waals surface area contributed by atoms with Crippen LogP contribution in [0.4, 0.5) is 16.2 Å². The van der Waals surface area contributed by atoms with Crippen molar-refractivity contribution in [2.45, 2.75) is 6.54 Å². The number of nitrogens with zero attached hydrogens (tertiary/aromatic N) is 3. The van der Waals surface area contributed by atoms with Crippen LogP contribution >= 0.6 is 11.6 Å². The van der Waals surface area contributed by atoms with E-state index >= 15 is 0 Å². The van der Waals surface area contributed by atoms with Crippen molar-refractivity contribution >= 4 is 46.0 Å². The van der Waals surface area contributed by atoms with Crippen LogP contribution in [-0.4, -0.2) is 60.2 Å². The zero-order valence-electron chi connectivity index (χ0n) is 20.3. The number of aromatic nitrogens is 2. The van der Waals surface area contributed by atoms with Gasteiger partial charge in [0.1, 0.15) is 11.6 Å². The standard InChI is InChI=1S/C26H26ClN5O4/c1-31(2)18-6-8-22-23(13-18)30-24(29-22)20-12-17(5-7-21(20)27)28-25(33)16-9-15(10-19(11-16)36-4)14-32(3)26(34)35/h5-13H,14H2,1-4H3,(H,28,33)(H,29,30)(H,34,35). The van der Waals surface area contributed by atoms with Crippen LogP contribution in [0.15, 0.2) is 54.6 Å². The van der Waals surface area contributed by atoms with E-state index < -0.39 is 6.09 Å². The number of rotatable bonds is 7. The molecule has 0 aliphatic heterocycles. The minimum atomic E-state index is -1.07. The molecule has 1 aromatic heterocycles. The van der Waals surface area contributed by atoms with E-state index in [0.717, 1.165) is 21.6 Å². The molecule has 4 aromatic rings. The highest BCUT2D eigenvalue weighted by Gasteiger charge is 2.15. The molecule has 1 heterocycles. The Kier molecular flexibility index (Phi) is 7.03. The van der Waals surface area contributed by atoms with Crippen molar-refractivity contribution in [1.29, 1.82) is 0 Å². The van der Waals surface area contributed by atoms with Gasteiger partial charge in [-0.25, -0.2) is 9.78 Å². The van der Waals surface area contributed by atoms with Crippen LogP contribution in [0.2, 0.25) is 5.02 Å². The molecule has 3 N–H and O–H groups in total. The van der Waals surface area contributed by atoms with E-state index in [1.54, 1.807) is 36.4 Å². The molecule has 0 saturated carbocycles. The van der Waals surface area contributed by atoms with Gasteiger partial charge in [0.25, 0.3) is 5.91 Å². The molecule has 0 aliphatic carbocycles. The van der Waals surface area contributed by atoms with E-state index in [-0.39, 0.29) is 12.5 Å². The van der Waals surface area contributed by atoms with Crippen LogP contribution in [0.1, 0.15) is 15.9 Å². The van der Waals surface area contributed by atoms with Gasteiger partial charge in [0.05, 0.1) is 23.2 Å². The van der Waals surface area contributed by atoms with E-state index in [1.165, 1.54) is 14.2 Å². The van der Waals surface area contributed by atoms with Crippen LogP contribution < -0.4 is 15.0 Å². The summed E-state index contributed by atoms with van der Waals surface area (Å²) in [5.74, 6) is 0.664. The largest absolute Gasteiger partial charge is 0.497 e. The van der Waals surface area contributed by atoms with Crippen molar-refractivity contribution < 1.29 is 19.4 Å². The summed E-state index contributed by atoms with van der Waals surface area (Å²) in [7, 11) is 6.87. The quantitative estimate of drug-likeness (QED) is 0.312. The molecule has 0 fully saturated rings. The summed E-state index contributed by atoms with van der Waals surface area (Å²) in [6.07, 6.45) is -1.07. The van der Waals surface area contributed by atoms with Crippen molar-refractivity contribution in [3.8, 4) is 17.1 Å². The second-order valence-corrected chi connectivity index (χ2v) is 8.95. The number of methoxy groups -OCH3 is 1.